The van der Waals surface area contributed by atoms with E-state index in [0.29, 0.717) is 30.6 Å². The summed E-state index contributed by atoms with van der Waals surface area (Å²) in [6.45, 7) is 0.291. The maximum atomic E-state index is 12.8. The van der Waals surface area contributed by atoms with Gasteiger partial charge in [0.15, 0.2) is 0 Å². The quantitative estimate of drug-likeness (QED) is 0.337. The van der Waals surface area contributed by atoms with Crippen LogP contribution in [0.15, 0.2) is 18.2 Å². The second-order valence-corrected chi connectivity index (χ2v) is 7.21. The highest BCUT2D eigenvalue weighted by Gasteiger charge is 2.49. The van der Waals surface area contributed by atoms with Crippen molar-refractivity contribution < 1.29 is 14.4 Å². The lowest BCUT2D eigenvalue weighted by molar-refractivity contribution is -0.133. The lowest BCUT2D eigenvalue weighted by atomic mass is 9.51. The first-order valence-electron chi connectivity index (χ1n) is 7.72. The van der Waals surface area contributed by atoms with Crippen molar-refractivity contribution in [3.63, 3.8) is 0 Å². The fourth-order valence-electron chi connectivity index (χ4n) is 3.20. The van der Waals surface area contributed by atoms with Gasteiger partial charge in [-0.3, -0.25) is 19.7 Å². The van der Waals surface area contributed by atoms with Gasteiger partial charge in [-0.25, -0.2) is 0 Å². The number of nitrogens with one attached hydrogen (secondary N) is 1. The van der Waals surface area contributed by atoms with Crippen molar-refractivity contribution in [2.45, 2.75) is 30.0 Å². The van der Waals surface area contributed by atoms with E-state index in [9.17, 15) is 14.4 Å². The Kier molecular flexibility index (Phi) is 3.35. The molecule has 0 radical (unpaired) electrons. The molecule has 1 saturated heterocycles. The highest BCUT2D eigenvalue weighted by atomic mass is 16.2. The van der Waals surface area contributed by atoms with Crippen LogP contribution >= 0.6 is 0 Å². The average Bonchev–Trinajstić information content (AvgIpc) is 2.80. The number of nitrogen functional groups attached to an aromatic ring is 1. The molecule has 0 aromatic heterocycles. The van der Waals surface area contributed by atoms with Crippen molar-refractivity contribution in [3.8, 4) is 0 Å². The molecule has 0 spiro atoms. The Balaban J connectivity index is 1.99. The molecule has 3 rings (SSSR count). The van der Waals surface area contributed by atoms with Gasteiger partial charge in [0, 0.05) is 23.4 Å². The van der Waals surface area contributed by atoms with E-state index in [2.05, 4.69) is 5.32 Å². The molecule has 0 unspecified atom stereocenters. The van der Waals surface area contributed by atoms with Crippen LogP contribution in [0, 0.1) is 0 Å². The van der Waals surface area contributed by atoms with Crippen LogP contribution in [0.5, 0.6) is 0 Å². The largest absolute Gasteiger partial charge is 0.398 e. The smallest absolute Gasteiger partial charge is 0.254 e. The maximum absolute atomic E-state index is 12.8. The molecule has 3 N–H and O–H groups in total. The van der Waals surface area contributed by atoms with Gasteiger partial charge in [0.05, 0.1) is 5.44 Å². The van der Waals surface area contributed by atoms with E-state index in [0.717, 1.165) is 5.56 Å². The Morgan fingerprint density at radius 3 is 2.43 bits per heavy atom. The zero-order chi connectivity index (χ0) is 17.0. The van der Waals surface area contributed by atoms with E-state index in [-0.39, 0.29) is 11.8 Å². The molecule has 0 bridgehead atoms. The standard InChI is InChI=1S/C14H18B3N3O3/c15-13(16)4-5-14(17,12(23)19-11(13)22)20-6-8-7(10(20)21)2-1-3-9(8)18/h1-3H,4-6,15-18H2,(H,19,22,23)/t14-/m1/s1. The monoisotopic (exact) mass is 309 g/mol. The second kappa shape index (κ2) is 4.91. The molecule has 1 aromatic rings. The van der Waals surface area contributed by atoms with Gasteiger partial charge < -0.3 is 10.6 Å². The number of nitrogens with two attached hydrogens (primary N) is 1. The van der Waals surface area contributed by atoms with E-state index < -0.39 is 16.6 Å². The minimum absolute atomic E-state index is 0.211. The number of imide groups is 1. The zero-order valence-electron chi connectivity index (χ0n) is 13.6. The number of hydrogen-bond acceptors (Lipinski definition) is 4. The number of fused-ring (bicyclic) bond motifs is 1. The molecule has 1 aromatic carbocycles. The van der Waals surface area contributed by atoms with E-state index in [1.165, 1.54) is 4.90 Å². The van der Waals surface area contributed by atoms with E-state index in [1.54, 1.807) is 41.7 Å². The van der Waals surface area contributed by atoms with Crippen LogP contribution in [-0.4, -0.2) is 51.6 Å². The highest BCUT2D eigenvalue weighted by molar-refractivity contribution is 6.52. The van der Waals surface area contributed by atoms with Crippen LogP contribution in [0.1, 0.15) is 28.8 Å². The van der Waals surface area contributed by atoms with Crippen molar-refractivity contribution in [1.29, 1.82) is 0 Å². The molecule has 2 heterocycles. The molecule has 2 aliphatic heterocycles. The number of carbonyl (C=O) groups excluding carboxylic acids is 3. The van der Waals surface area contributed by atoms with Gasteiger partial charge >= 0.3 is 0 Å². The number of anilines is 1. The summed E-state index contributed by atoms with van der Waals surface area (Å²) < 4.78 is 0. The minimum Gasteiger partial charge on any atom is -0.398 e. The molecule has 6 nitrogen and oxygen atoms in total. The average molecular weight is 309 g/mol. The van der Waals surface area contributed by atoms with Crippen LogP contribution in [0.4, 0.5) is 5.69 Å². The molecule has 23 heavy (non-hydrogen) atoms. The molecular weight excluding hydrogens is 291 g/mol. The zero-order valence-corrected chi connectivity index (χ0v) is 13.6. The lowest BCUT2D eigenvalue weighted by Gasteiger charge is -2.36. The first-order valence-corrected chi connectivity index (χ1v) is 7.72. The van der Waals surface area contributed by atoms with Gasteiger partial charge in [-0.2, -0.15) is 0 Å². The topological polar surface area (TPSA) is 92.5 Å². The lowest BCUT2D eigenvalue weighted by Crippen LogP contribution is -2.59. The summed E-state index contributed by atoms with van der Waals surface area (Å²) in [6.07, 6.45) is 0.952. The fourth-order valence-corrected chi connectivity index (χ4v) is 3.20. The molecule has 1 fully saturated rings. The normalized spacial score (nSPS) is 26.6. The van der Waals surface area contributed by atoms with Crippen LogP contribution < -0.4 is 11.1 Å². The molecule has 0 saturated carbocycles. The third-order valence-electron chi connectivity index (χ3n) is 5.17. The third-order valence-corrected chi connectivity index (χ3v) is 5.17. The first-order chi connectivity index (χ1) is 10.7. The van der Waals surface area contributed by atoms with Crippen LogP contribution in [0.3, 0.4) is 0 Å². The SMILES string of the molecule is BC1(B)CC[C@@](B)(N2Cc3c(N)cccc3C2=O)C(=O)NC1=O. The van der Waals surface area contributed by atoms with Crippen molar-refractivity contribution in [2.24, 2.45) is 0 Å². The number of amides is 3. The summed E-state index contributed by atoms with van der Waals surface area (Å²) in [5.74, 6) is -0.931. The summed E-state index contributed by atoms with van der Waals surface area (Å²) >= 11 is 0. The Labute approximate surface area is 137 Å². The Morgan fingerprint density at radius 2 is 1.78 bits per heavy atom. The van der Waals surface area contributed by atoms with E-state index in [4.69, 9.17) is 5.73 Å². The Morgan fingerprint density at radius 1 is 1.09 bits per heavy atom. The maximum Gasteiger partial charge on any atom is 0.254 e. The molecular formula is C14H18B3N3O3. The van der Waals surface area contributed by atoms with Crippen molar-refractivity contribution in [1.82, 2.24) is 10.2 Å². The number of benzene rings is 1. The van der Waals surface area contributed by atoms with E-state index >= 15 is 0 Å². The molecule has 2 aliphatic rings. The van der Waals surface area contributed by atoms with Crippen molar-refractivity contribution >= 4 is 46.9 Å². The fraction of sp³-hybridized carbons (Fsp3) is 0.357. The first kappa shape index (κ1) is 15.7. The number of carbonyl (C=O) groups is 3. The van der Waals surface area contributed by atoms with Crippen molar-refractivity contribution in [3.05, 3.63) is 29.3 Å². The number of hydrogen-bond donors (Lipinski definition) is 2. The minimum atomic E-state index is -1.06. The van der Waals surface area contributed by atoms with Gasteiger partial charge in [0.25, 0.3) is 5.91 Å². The number of rotatable bonds is 1. The molecule has 3 amide bonds. The Hall–Kier alpha value is -2.18. The summed E-state index contributed by atoms with van der Waals surface area (Å²) in [5.41, 5.74) is 6.74. The summed E-state index contributed by atoms with van der Waals surface area (Å²) in [5, 5.41) is 1.82. The summed E-state index contributed by atoms with van der Waals surface area (Å²) in [7, 11) is 5.33. The van der Waals surface area contributed by atoms with Gasteiger partial charge in [0.1, 0.15) is 23.5 Å². The van der Waals surface area contributed by atoms with Crippen LogP contribution in [0.25, 0.3) is 0 Å². The second-order valence-electron chi connectivity index (χ2n) is 7.21. The van der Waals surface area contributed by atoms with Gasteiger partial charge in [-0.15, -0.1) is 0 Å². The van der Waals surface area contributed by atoms with Gasteiger partial charge in [0.2, 0.25) is 11.8 Å². The highest BCUT2D eigenvalue weighted by Crippen LogP contribution is 2.38. The summed E-state index contributed by atoms with van der Waals surface area (Å²) in [6, 6.07) is 5.20. The molecule has 0 aliphatic carbocycles. The van der Waals surface area contributed by atoms with E-state index in [1.807, 2.05) is 0 Å². The molecule has 1 atom stereocenters. The molecule has 9 heteroatoms. The van der Waals surface area contributed by atoms with Crippen LogP contribution in [0.2, 0.25) is 5.21 Å². The number of nitrogens with zero attached hydrogens (tertiary/aromatic N) is 1. The third kappa shape index (κ3) is 2.26. The predicted molar refractivity (Wildman–Crippen MR) is 94.2 cm³/mol. The summed E-state index contributed by atoms with van der Waals surface area (Å²) in [4.78, 5) is 39.1. The predicted octanol–water partition coefficient (Wildman–Crippen LogP) is -2.63. The van der Waals surface area contributed by atoms with Gasteiger partial charge in [-0.05, 0) is 23.8 Å². The Bertz CT molecular complexity index is 737. The van der Waals surface area contributed by atoms with Gasteiger partial charge in [-0.1, -0.05) is 12.5 Å². The van der Waals surface area contributed by atoms with Crippen LogP contribution in [-0.2, 0) is 16.1 Å². The molecule has 116 valence electrons. The van der Waals surface area contributed by atoms with Crippen molar-refractivity contribution in [2.75, 3.05) is 5.73 Å².